The van der Waals surface area contributed by atoms with Gasteiger partial charge < -0.3 is 4.74 Å². The zero-order chi connectivity index (χ0) is 8.10. The maximum absolute atomic E-state index is 10.1. The molecule has 0 spiro atoms. The molecule has 0 saturated heterocycles. The topological polar surface area (TPSA) is 40.3 Å². The Morgan fingerprint density at radius 1 is 1.36 bits per heavy atom. The molecule has 1 aromatic rings. The van der Waals surface area contributed by atoms with Crippen LogP contribution in [-0.2, 0) is 0 Å². The molecule has 0 aliphatic carbocycles. The van der Waals surface area contributed by atoms with Crippen LogP contribution in [0.15, 0.2) is 37.1 Å². The second-order valence-electron chi connectivity index (χ2n) is 1.91. The van der Waals surface area contributed by atoms with E-state index in [-0.39, 0.29) is 0 Å². The van der Waals surface area contributed by atoms with Gasteiger partial charge in [-0.1, -0.05) is 6.58 Å². The van der Waals surface area contributed by atoms with Crippen molar-refractivity contribution in [2.24, 2.45) is 0 Å². The molecule has 3 nitrogen and oxygen atoms in total. The molecule has 0 aliphatic rings. The van der Waals surface area contributed by atoms with Gasteiger partial charge in [0.2, 0.25) is 0 Å². The predicted octanol–water partition coefficient (Wildman–Crippen LogP) is 0.687. The molecule has 1 N–H and O–H groups in total. The summed E-state index contributed by atoms with van der Waals surface area (Å²) >= 11 is 0. The molecule has 0 amide bonds. The highest BCUT2D eigenvalue weighted by molar-refractivity contribution is 5.35. The first-order valence-electron chi connectivity index (χ1n) is 3.12. The summed E-state index contributed by atoms with van der Waals surface area (Å²) in [6.45, 7) is 3.40. The molecule has 0 unspecified atom stereocenters. The number of hydrogen-bond donors (Lipinski definition) is 1. The van der Waals surface area contributed by atoms with E-state index in [0.29, 0.717) is 11.4 Å². The van der Waals surface area contributed by atoms with Gasteiger partial charge in [0, 0.05) is 22.2 Å². The third-order valence-electron chi connectivity index (χ3n) is 1.19. The molecule has 0 aromatic heterocycles. The molecule has 0 heterocycles. The quantitative estimate of drug-likeness (QED) is 0.644. The third-order valence-corrected chi connectivity index (χ3v) is 1.19. The molecule has 0 atom stereocenters. The summed E-state index contributed by atoms with van der Waals surface area (Å²) in [5, 5.41) is 1.76. The Kier molecular flexibility index (Phi) is 2.38. The molecule has 11 heavy (non-hydrogen) atoms. The zero-order valence-electron chi connectivity index (χ0n) is 5.91. The van der Waals surface area contributed by atoms with Crippen LogP contribution in [0.2, 0.25) is 0 Å². The fourth-order valence-electron chi connectivity index (χ4n) is 0.698. The van der Waals surface area contributed by atoms with Crippen LogP contribution in [-0.4, -0.2) is 0 Å². The van der Waals surface area contributed by atoms with Crippen LogP contribution < -0.4 is 9.91 Å². The van der Waals surface area contributed by atoms with Crippen molar-refractivity contribution in [1.29, 1.82) is 0 Å². The van der Waals surface area contributed by atoms with Gasteiger partial charge in [-0.25, -0.2) is 0 Å². The third kappa shape index (κ3) is 1.89. The largest absolute Gasteiger partial charge is 0.466 e. The first-order chi connectivity index (χ1) is 5.36. The van der Waals surface area contributed by atoms with Crippen LogP contribution in [0.4, 0.5) is 5.69 Å². The number of nitroso groups, excluding NO2 is 1. The first-order valence-corrected chi connectivity index (χ1v) is 3.12. The number of hydrogen-bond acceptors (Lipinski definition) is 2. The van der Waals surface area contributed by atoms with E-state index in [1.54, 1.807) is 29.4 Å². The SMILES string of the molecule is C=COc1ccc([NH+]=O)cc1. The van der Waals surface area contributed by atoms with Crippen molar-refractivity contribution < 1.29 is 9.91 Å². The Balaban J connectivity index is 2.81. The average molecular weight is 150 g/mol. The summed E-state index contributed by atoms with van der Waals surface area (Å²) < 4.78 is 4.94. The molecule has 0 saturated carbocycles. The number of ether oxygens (including phenoxy) is 1. The second-order valence-corrected chi connectivity index (χ2v) is 1.91. The van der Waals surface area contributed by atoms with Gasteiger partial charge in [-0.05, 0) is 12.1 Å². The Bertz CT molecular complexity index is 253. The van der Waals surface area contributed by atoms with Crippen LogP contribution in [0.1, 0.15) is 0 Å². The van der Waals surface area contributed by atoms with Gasteiger partial charge in [0.25, 0.3) is 5.69 Å². The minimum absolute atomic E-state index is 0.515. The maximum atomic E-state index is 10.1. The number of benzene rings is 1. The minimum atomic E-state index is 0.515. The highest BCUT2D eigenvalue weighted by Crippen LogP contribution is 2.11. The molecule has 0 radical (unpaired) electrons. The van der Waals surface area contributed by atoms with E-state index in [4.69, 9.17) is 4.74 Å². The average Bonchev–Trinajstić information content (AvgIpc) is 2.07. The van der Waals surface area contributed by atoms with Gasteiger partial charge in [0.05, 0.1) is 6.26 Å². The fraction of sp³-hybridized carbons (Fsp3) is 0. The summed E-state index contributed by atoms with van der Waals surface area (Å²) in [6, 6.07) is 6.63. The molecule has 0 fully saturated rings. The van der Waals surface area contributed by atoms with Crippen molar-refractivity contribution in [2.45, 2.75) is 0 Å². The van der Waals surface area contributed by atoms with Crippen molar-refractivity contribution in [3.05, 3.63) is 42.0 Å². The van der Waals surface area contributed by atoms with Crippen molar-refractivity contribution in [3.8, 4) is 5.75 Å². The van der Waals surface area contributed by atoms with Gasteiger partial charge in [0.1, 0.15) is 5.75 Å². The number of rotatable bonds is 3. The Morgan fingerprint density at radius 2 is 2.00 bits per heavy atom. The standard InChI is InChI=1S/C8H7NO2/c1-2-11-8-5-3-7(9-10)4-6-8/h2-6H,1H2/p+1. The smallest absolute Gasteiger partial charge is 0.253 e. The molecule has 1 aromatic carbocycles. The van der Waals surface area contributed by atoms with Gasteiger partial charge in [-0.15, -0.1) is 0 Å². The van der Waals surface area contributed by atoms with Gasteiger partial charge in [-0.2, -0.15) is 0 Å². The molecular weight excluding hydrogens is 142 g/mol. The van der Waals surface area contributed by atoms with E-state index in [1.165, 1.54) is 6.26 Å². The van der Waals surface area contributed by atoms with Crippen molar-refractivity contribution in [1.82, 2.24) is 0 Å². The van der Waals surface area contributed by atoms with E-state index >= 15 is 0 Å². The van der Waals surface area contributed by atoms with E-state index in [1.807, 2.05) is 0 Å². The zero-order valence-corrected chi connectivity index (χ0v) is 5.91. The predicted molar refractivity (Wildman–Crippen MR) is 41.3 cm³/mol. The molecule has 0 bridgehead atoms. The van der Waals surface area contributed by atoms with Crippen molar-refractivity contribution in [2.75, 3.05) is 0 Å². The van der Waals surface area contributed by atoms with E-state index in [0.717, 1.165) is 0 Å². The second kappa shape index (κ2) is 3.51. The fourth-order valence-corrected chi connectivity index (χ4v) is 0.698. The van der Waals surface area contributed by atoms with Crippen LogP contribution in [0.5, 0.6) is 5.75 Å². The van der Waals surface area contributed by atoms with E-state index < -0.39 is 0 Å². The lowest BCUT2D eigenvalue weighted by Gasteiger charge is -1.95. The Morgan fingerprint density at radius 3 is 2.45 bits per heavy atom. The lowest BCUT2D eigenvalue weighted by Crippen LogP contribution is -2.55. The molecule has 3 heteroatoms. The summed E-state index contributed by atoms with van der Waals surface area (Å²) in [7, 11) is 0. The normalized spacial score (nSPS) is 8.73. The van der Waals surface area contributed by atoms with Gasteiger partial charge in [-0.3, -0.25) is 0 Å². The first kappa shape index (κ1) is 7.47. The lowest BCUT2D eigenvalue weighted by molar-refractivity contribution is -0.379. The van der Waals surface area contributed by atoms with Crippen LogP contribution in [0.25, 0.3) is 0 Å². The summed E-state index contributed by atoms with van der Waals surface area (Å²) in [6.07, 6.45) is 1.33. The molecule has 0 aliphatic heterocycles. The van der Waals surface area contributed by atoms with Crippen LogP contribution in [0.3, 0.4) is 0 Å². The van der Waals surface area contributed by atoms with Gasteiger partial charge in [0.15, 0.2) is 0 Å². The summed E-state index contributed by atoms with van der Waals surface area (Å²) in [5.41, 5.74) is 0.515. The molecule has 56 valence electrons. The summed E-state index contributed by atoms with van der Waals surface area (Å²) in [4.78, 5) is 10.1. The Hall–Kier alpha value is -1.64. The monoisotopic (exact) mass is 150 g/mol. The number of nitrogens with one attached hydrogen (secondary N) is 1. The molecular formula is C8H8NO2+. The van der Waals surface area contributed by atoms with E-state index in [9.17, 15) is 4.91 Å². The highest BCUT2D eigenvalue weighted by atomic mass is 16.5. The minimum Gasteiger partial charge on any atom is -0.466 e. The summed E-state index contributed by atoms with van der Waals surface area (Å²) in [5.74, 6) is 0.666. The maximum Gasteiger partial charge on any atom is 0.253 e. The molecule has 1 rings (SSSR count). The Labute approximate surface area is 64.3 Å². The lowest BCUT2D eigenvalue weighted by atomic mass is 10.3. The van der Waals surface area contributed by atoms with Crippen molar-refractivity contribution >= 4 is 5.69 Å². The van der Waals surface area contributed by atoms with Crippen LogP contribution >= 0.6 is 0 Å². The highest BCUT2D eigenvalue weighted by Gasteiger charge is 1.96. The van der Waals surface area contributed by atoms with Gasteiger partial charge >= 0.3 is 0 Å². The van der Waals surface area contributed by atoms with E-state index in [2.05, 4.69) is 6.58 Å². The van der Waals surface area contributed by atoms with Crippen molar-refractivity contribution in [3.63, 3.8) is 0 Å². The van der Waals surface area contributed by atoms with Crippen LogP contribution in [0, 0.1) is 4.91 Å².